The van der Waals surface area contributed by atoms with E-state index in [1.54, 1.807) is 0 Å². The third kappa shape index (κ3) is 3.93. The zero-order valence-corrected chi connectivity index (χ0v) is 8.32. The van der Waals surface area contributed by atoms with Crippen LogP contribution >= 0.6 is 0 Å². The molecule has 0 aliphatic heterocycles. The molecule has 1 aromatic heterocycles. The normalized spacial score (nSPS) is 11.2. The van der Waals surface area contributed by atoms with E-state index in [4.69, 9.17) is 5.11 Å². The van der Waals surface area contributed by atoms with Gasteiger partial charge in [0, 0.05) is 6.07 Å². The number of rotatable bonds is 6. The summed E-state index contributed by atoms with van der Waals surface area (Å²) in [6.07, 6.45) is -5.57. The summed E-state index contributed by atoms with van der Waals surface area (Å²) in [6.45, 7) is -1.93. The van der Waals surface area contributed by atoms with E-state index in [1.165, 1.54) is 0 Å². The van der Waals surface area contributed by atoms with Crippen LogP contribution in [-0.4, -0.2) is 40.3 Å². The van der Waals surface area contributed by atoms with Gasteiger partial charge in [-0.3, -0.25) is 0 Å². The number of carboxylic acids is 1. The highest BCUT2D eigenvalue weighted by Gasteiger charge is 2.18. The Balaban J connectivity index is 2.84. The molecule has 1 heterocycles. The van der Waals surface area contributed by atoms with Gasteiger partial charge in [0.05, 0.1) is 0 Å². The molecule has 0 aliphatic rings. The van der Waals surface area contributed by atoms with E-state index in [0.717, 1.165) is 6.07 Å². The first-order valence-electron chi connectivity index (χ1n) is 4.40. The van der Waals surface area contributed by atoms with E-state index in [2.05, 4.69) is 9.84 Å². The average molecular weight is 256 g/mol. The number of halogens is 4. The molecule has 0 atom stereocenters. The second-order valence-corrected chi connectivity index (χ2v) is 2.95. The highest BCUT2D eigenvalue weighted by Crippen LogP contribution is 2.14. The lowest BCUT2D eigenvalue weighted by Crippen LogP contribution is -2.14. The molecule has 0 fully saturated rings. The smallest absolute Gasteiger partial charge is 0.354 e. The van der Waals surface area contributed by atoms with Crippen LogP contribution in [0.5, 0.6) is 5.88 Å². The Morgan fingerprint density at radius 1 is 1.41 bits per heavy atom. The van der Waals surface area contributed by atoms with Crippen LogP contribution in [0.15, 0.2) is 6.07 Å². The summed E-state index contributed by atoms with van der Waals surface area (Å²) in [5.74, 6) is -1.92. The molecule has 17 heavy (non-hydrogen) atoms. The van der Waals surface area contributed by atoms with Crippen molar-refractivity contribution in [3.63, 3.8) is 0 Å². The van der Waals surface area contributed by atoms with Crippen LogP contribution in [0.25, 0.3) is 0 Å². The molecule has 0 radical (unpaired) electrons. The monoisotopic (exact) mass is 256 g/mol. The lowest BCUT2D eigenvalue weighted by atomic mass is 10.4. The van der Waals surface area contributed by atoms with Crippen molar-refractivity contribution >= 4 is 5.97 Å². The predicted octanol–water partition coefficient (Wildman–Crippen LogP) is 1.49. The summed E-state index contributed by atoms with van der Waals surface area (Å²) < 4.78 is 52.7. The van der Waals surface area contributed by atoms with Gasteiger partial charge in [0.1, 0.15) is 12.2 Å². The molecule has 1 rings (SSSR count). The van der Waals surface area contributed by atoms with Crippen LogP contribution in [0.4, 0.5) is 17.6 Å². The van der Waals surface area contributed by atoms with E-state index in [9.17, 15) is 22.4 Å². The second kappa shape index (κ2) is 5.51. The molecule has 5 nitrogen and oxygen atoms in total. The molecule has 0 saturated carbocycles. The van der Waals surface area contributed by atoms with Gasteiger partial charge in [-0.25, -0.2) is 27.0 Å². The third-order valence-electron chi connectivity index (χ3n) is 1.64. The third-order valence-corrected chi connectivity index (χ3v) is 1.64. The summed E-state index contributed by atoms with van der Waals surface area (Å²) in [6, 6.07) is 0.813. The summed E-state index contributed by atoms with van der Waals surface area (Å²) in [7, 11) is 0. The van der Waals surface area contributed by atoms with E-state index >= 15 is 0 Å². The van der Waals surface area contributed by atoms with Gasteiger partial charge in [0.15, 0.2) is 6.61 Å². The number of carbonyl (C=O) groups is 1. The number of ether oxygens (including phenoxy) is 1. The molecular formula is C8H8F4N2O3. The second-order valence-electron chi connectivity index (χ2n) is 2.95. The summed E-state index contributed by atoms with van der Waals surface area (Å²) in [4.78, 5) is 10.6. The lowest BCUT2D eigenvalue weighted by molar-refractivity contribution is 0.0670. The number of carboxylic acid groups (broad SMARTS) is 1. The van der Waals surface area contributed by atoms with Gasteiger partial charge in [0.2, 0.25) is 5.88 Å². The van der Waals surface area contributed by atoms with Crippen molar-refractivity contribution in [2.24, 2.45) is 0 Å². The van der Waals surface area contributed by atoms with Crippen molar-refractivity contribution in [2.45, 2.75) is 19.4 Å². The van der Waals surface area contributed by atoms with Gasteiger partial charge in [-0.15, -0.1) is 5.10 Å². The number of aromatic carboxylic acids is 1. The maximum atomic E-state index is 12.1. The fourth-order valence-corrected chi connectivity index (χ4v) is 1.05. The highest BCUT2D eigenvalue weighted by molar-refractivity contribution is 5.86. The van der Waals surface area contributed by atoms with Crippen LogP contribution in [0, 0.1) is 0 Å². The summed E-state index contributed by atoms with van der Waals surface area (Å²) >= 11 is 0. The molecule has 0 spiro atoms. The van der Waals surface area contributed by atoms with E-state index in [-0.39, 0.29) is 0 Å². The lowest BCUT2D eigenvalue weighted by Gasteiger charge is -2.02. The summed E-state index contributed by atoms with van der Waals surface area (Å²) in [5, 5.41) is 12.0. The number of hydrogen-bond donors (Lipinski definition) is 1. The molecule has 0 saturated heterocycles. The highest BCUT2D eigenvalue weighted by atomic mass is 19.3. The Bertz CT molecular complexity index is 394. The van der Waals surface area contributed by atoms with Crippen LogP contribution < -0.4 is 4.74 Å². The molecule has 0 bridgehead atoms. The van der Waals surface area contributed by atoms with Crippen molar-refractivity contribution in [3.8, 4) is 5.88 Å². The van der Waals surface area contributed by atoms with Gasteiger partial charge in [-0.1, -0.05) is 0 Å². The van der Waals surface area contributed by atoms with Crippen LogP contribution in [0.3, 0.4) is 0 Å². The topological polar surface area (TPSA) is 64.3 Å². The molecule has 0 unspecified atom stereocenters. The van der Waals surface area contributed by atoms with Gasteiger partial charge < -0.3 is 9.84 Å². The van der Waals surface area contributed by atoms with Crippen LogP contribution in [-0.2, 0) is 6.54 Å². The molecule has 0 aromatic carbocycles. The SMILES string of the molecule is O=C(O)c1cc(OCC(F)F)nn1CC(F)F. The average Bonchev–Trinajstić information content (AvgIpc) is 2.57. The number of alkyl halides is 4. The first-order valence-corrected chi connectivity index (χ1v) is 4.40. The minimum Gasteiger partial charge on any atom is -0.477 e. The Morgan fingerprint density at radius 2 is 2.06 bits per heavy atom. The van der Waals surface area contributed by atoms with Crippen molar-refractivity contribution in [1.29, 1.82) is 0 Å². The Labute approximate surface area is 92.6 Å². The van der Waals surface area contributed by atoms with Gasteiger partial charge in [0.25, 0.3) is 12.9 Å². The summed E-state index contributed by atoms with van der Waals surface area (Å²) in [5.41, 5.74) is -0.547. The van der Waals surface area contributed by atoms with Crippen molar-refractivity contribution in [1.82, 2.24) is 9.78 Å². The number of nitrogens with zero attached hydrogens (tertiary/aromatic N) is 2. The Morgan fingerprint density at radius 3 is 2.53 bits per heavy atom. The predicted molar refractivity (Wildman–Crippen MR) is 46.7 cm³/mol. The minimum atomic E-state index is -2.81. The minimum absolute atomic E-state index is 0.427. The quantitative estimate of drug-likeness (QED) is 0.783. The fraction of sp³-hybridized carbons (Fsp3) is 0.500. The Kier molecular flexibility index (Phi) is 4.30. The fourth-order valence-electron chi connectivity index (χ4n) is 1.05. The standard InChI is InChI=1S/C8H8F4N2O3/c9-5(10)2-14-4(8(15)16)1-7(13-14)17-3-6(11)12/h1,5-6H,2-3H2,(H,15,16). The zero-order chi connectivity index (χ0) is 13.0. The molecule has 1 N–H and O–H groups in total. The number of aromatic nitrogens is 2. The van der Waals surface area contributed by atoms with Crippen LogP contribution in [0.1, 0.15) is 10.5 Å². The number of hydrogen-bond acceptors (Lipinski definition) is 3. The molecule has 1 aromatic rings. The zero-order valence-electron chi connectivity index (χ0n) is 8.32. The maximum absolute atomic E-state index is 12.1. The first kappa shape index (κ1) is 13.3. The first-order chi connectivity index (χ1) is 7.90. The molecule has 9 heteroatoms. The molecular weight excluding hydrogens is 248 g/mol. The molecule has 96 valence electrons. The largest absolute Gasteiger partial charge is 0.477 e. The van der Waals surface area contributed by atoms with Gasteiger partial charge in [-0.2, -0.15) is 0 Å². The van der Waals surface area contributed by atoms with Crippen LogP contribution in [0.2, 0.25) is 0 Å². The van der Waals surface area contributed by atoms with E-state index < -0.39 is 43.5 Å². The van der Waals surface area contributed by atoms with Gasteiger partial charge >= 0.3 is 5.97 Å². The molecule has 0 aliphatic carbocycles. The maximum Gasteiger partial charge on any atom is 0.354 e. The molecule has 0 amide bonds. The van der Waals surface area contributed by atoms with E-state index in [0.29, 0.717) is 4.68 Å². The van der Waals surface area contributed by atoms with E-state index in [1.807, 2.05) is 0 Å². The van der Waals surface area contributed by atoms with Crippen molar-refractivity contribution < 1.29 is 32.2 Å². The Hall–Kier alpha value is -1.80. The van der Waals surface area contributed by atoms with Crippen molar-refractivity contribution in [3.05, 3.63) is 11.8 Å². The van der Waals surface area contributed by atoms with Crippen molar-refractivity contribution in [2.75, 3.05) is 6.61 Å². The van der Waals surface area contributed by atoms with Gasteiger partial charge in [-0.05, 0) is 0 Å².